The van der Waals surface area contributed by atoms with Gasteiger partial charge in [-0.25, -0.2) is 0 Å². The zero-order chi connectivity index (χ0) is 27.9. The Morgan fingerprint density at radius 1 is 1.13 bits per heavy atom. The van der Waals surface area contributed by atoms with E-state index in [-0.39, 0.29) is 11.3 Å². The van der Waals surface area contributed by atoms with E-state index in [1.165, 1.54) is 4.90 Å². The van der Waals surface area contributed by atoms with Gasteiger partial charge in [-0.05, 0) is 54.3 Å². The molecule has 2 N–H and O–H groups in total. The van der Waals surface area contributed by atoms with E-state index in [0.717, 1.165) is 39.3 Å². The van der Waals surface area contributed by atoms with Crippen LogP contribution in [-0.4, -0.2) is 74.8 Å². The molecule has 2 aliphatic heterocycles. The molecule has 2 aliphatic rings. The number of quaternary nitrogens is 1. The molecule has 2 saturated heterocycles. The predicted octanol–water partition coefficient (Wildman–Crippen LogP) is 3.50. The van der Waals surface area contributed by atoms with Crippen molar-refractivity contribution < 1.29 is 33.8 Å². The molecule has 0 radical (unpaired) electrons. The summed E-state index contributed by atoms with van der Waals surface area (Å²) < 4.78 is 17.0. The fourth-order valence-electron chi connectivity index (χ4n) is 5.01. The maximum atomic E-state index is 13.4. The van der Waals surface area contributed by atoms with Crippen LogP contribution in [0.2, 0.25) is 5.02 Å². The van der Waals surface area contributed by atoms with Crippen LogP contribution in [0.3, 0.4) is 0 Å². The summed E-state index contributed by atoms with van der Waals surface area (Å²) in [6, 6.07) is 11.2. The minimum absolute atomic E-state index is 0.0524. The first-order valence-corrected chi connectivity index (χ1v) is 13.9. The molecule has 0 spiro atoms. The molecule has 4 rings (SSSR count). The van der Waals surface area contributed by atoms with Gasteiger partial charge in [0, 0.05) is 23.6 Å². The van der Waals surface area contributed by atoms with Crippen LogP contribution in [0.15, 0.2) is 48.0 Å². The molecule has 0 unspecified atom stereocenters. The molecule has 1 amide bonds. The van der Waals surface area contributed by atoms with E-state index < -0.39 is 17.7 Å². The molecule has 1 atom stereocenters. The number of ketones is 1. The Labute approximate surface area is 235 Å². The topological polar surface area (TPSA) is 89.7 Å². The van der Waals surface area contributed by atoms with Gasteiger partial charge in [0.25, 0.3) is 11.7 Å². The molecule has 2 aromatic carbocycles. The Morgan fingerprint density at radius 3 is 2.51 bits per heavy atom. The summed E-state index contributed by atoms with van der Waals surface area (Å²) in [4.78, 5) is 29.7. The highest BCUT2D eigenvalue weighted by Gasteiger charge is 2.46. The third-order valence-electron chi connectivity index (χ3n) is 7.24. The standard InChI is InChI=1S/C30H37ClN2O6/c1-20(2)11-16-39-24-10-7-22(19-25(24)37-3)27-26(28(34)21-5-8-23(31)9-6-21)29(35)30(36)33(27)13-4-12-32-14-17-38-18-15-32/h5-10,19-20,27,34H,4,11-18H2,1-3H3/p+1/t27-/m0/s1. The monoisotopic (exact) mass is 557 g/mol. The van der Waals surface area contributed by atoms with Crippen molar-refractivity contribution in [3.63, 3.8) is 0 Å². The summed E-state index contributed by atoms with van der Waals surface area (Å²) in [6.45, 7) is 9.36. The number of likely N-dealkylation sites (tertiary alicyclic amines) is 1. The number of Topliss-reactive ketones (excluding diaryl/α,β-unsaturated/α-hetero) is 1. The van der Waals surface area contributed by atoms with Gasteiger partial charge in [-0.1, -0.05) is 31.5 Å². The van der Waals surface area contributed by atoms with Crippen molar-refractivity contribution in [3.05, 3.63) is 64.2 Å². The molecule has 0 bridgehead atoms. The van der Waals surface area contributed by atoms with Crippen LogP contribution in [0.25, 0.3) is 5.76 Å². The van der Waals surface area contributed by atoms with Gasteiger partial charge in [-0.15, -0.1) is 0 Å². The number of carbonyl (C=O) groups excluding carboxylic acids is 2. The van der Waals surface area contributed by atoms with Gasteiger partial charge in [-0.2, -0.15) is 0 Å². The van der Waals surface area contributed by atoms with E-state index in [4.69, 9.17) is 25.8 Å². The van der Waals surface area contributed by atoms with Crippen molar-refractivity contribution in [2.24, 2.45) is 5.92 Å². The Balaban J connectivity index is 1.68. The highest BCUT2D eigenvalue weighted by Crippen LogP contribution is 2.42. The predicted molar refractivity (Wildman–Crippen MR) is 149 cm³/mol. The van der Waals surface area contributed by atoms with Crippen molar-refractivity contribution in [2.75, 3.05) is 53.1 Å². The summed E-state index contributed by atoms with van der Waals surface area (Å²) in [5.41, 5.74) is 1.13. The molecule has 2 aromatic rings. The van der Waals surface area contributed by atoms with Crippen LogP contribution >= 0.6 is 11.6 Å². The molecule has 2 fully saturated rings. The van der Waals surface area contributed by atoms with Gasteiger partial charge in [0.05, 0.1) is 45.1 Å². The van der Waals surface area contributed by atoms with Crippen molar-refractivity contribution in [1.82, 2.24) is 4.90 Å². The van der Waals surface area contributed by atoms with E-state index in [0.29, 0.717) is 53.1 Å². The summed E-state index contributed by atoms with van der Waals surface area (Å²) in [7, 11) is 1.56. The lowest BCUT2D eigenvalue weighted by Crippen LogP contribution is -3.14. The van der Waals surface area contributed by atoms with Crippen LogP contribution in [0, 0.1) is 5.92 Å². The number of ether oxygens (including phenoxy) is 3. The van der Waals surface area contributed by atoms with Crippen LogP contribution in [0.4, 0.5) is 0 Å². The maximum absolute atomic E-state index is 13.4. The zero-order valence-corrected chi connectivity index (χ0v) is 23.6. The summed E-state index contributed by atoms with van der Waals surface area (Å²) in [5.74, 6) is 0.0411. The number of methoxy groups -OCH3 is 1. The molecular formula is C30H38ClN2O6+. The molecule has 210 valence electrons. The third kappa shape index (κ3) is 6.93. The fourth-order valence-corrected chi connectivity index (χ4v) is 5.13. The molecule has 8 nitrogen and oxygen atoms in total. The molecule has 0 saturated carbocycles. The number of aliphatic hydroxyl groups is 1. The Hall–Kier alpha value is -3.07. The lowest BCUT2D eigenvalue weighted by Gasteiger charge is -2.28. The number of carbonyl (C=O) groups is 2. The number of nitrogens with one attached hydrogen (secondary N) is 1. The normalized spacial score (nSPS) is 19.6. The van der Waals surface area contributed by atoms with Crippen LogP contribution < -0.4 is 14.4 Å². The number of amides is 1. The first-order valence-electron chi connectivity index (χ1n) is 13.6. The van der Waals surface area contributed by atoms with Gasteiger partial charge in [0.15, 0.2) is 11.5 Å². The fraction of sp³-hybridized carbons (Fsp3) is 0.467. The highest BCUT2D eigenvalue weighted by atomic mass is 35.5. The van der Waals surface area contributed by atoms with E-state index >= 15 is 0 Å². The summed E-state index contributed by atoms with van der Waals surface area (Å²) in [6.07, 6.45) is 1.62. The van der Waals surface area contributed by atoms with Crippen LogP contribution in [0.1, 0.15) is 43.9 Å². The van der Waals surface area contributed by atoms with Gasteiger partial charge in [0.2, 0.25) is 0 Å². The van der Waals surface area contributed by atoms with Crippen LogP contribution in [-0.2, 0) is 14.3 Å². The summed E-state index contributed by atoms with van der Waals surface area (Å²) in [5, 5.41) is 11.8. The number of aliphatic hydroxyl groups excluding tert-OH is 1. The number of hydrogen-bond acceptors (Lipinski definition) is 6. The first-order chi connectivity index (χ1) is 18.8. The van der Waals surface area contributed by atoms with Gasteiger partial charge in [0.1, 0.15) is 18.8 Å². The van der Waals surface area contributed by atoms with Gasteiger partial charge < -0.3 is 29.1 Å². The molecular weight excluding hydrogens is 520 g/mol. The van der Waals surface area contributed by atoms with Crippen LogP contribution in [0.5, 0.6) is 11.5 Å². The van der Waals surface area contributed by atoms with E-state index in [1.54, 1.807) is 48.4 Å². The third-order valence-corrected chi connectivity index (χ3v) is 7.50. The second-order valence-electron chi connectivity index (χ2n) is 10.4. The molecule has 0 aliphatic carbocycles. The Bertz CT molecular complexity index is 1190. The largest absolute Gasteiger partial charge is 0.507 e. The Morgan fingerprint density at radius 2 is 1.85 bits per heavy atom. The highest BCUT2D eigenvalue weighted by molar-refractivity contribution is 6.46. The van der Waals surface area contributed by atoms with Gasteiger partial charge >= 0.3 is 0 Å². The molecule has 2 heterocycles. The van der Waals surface area contributed by atoms with Crippen molar-refractivity contribution in [3.8, 4) is 11.5 Å². The number of hydrogen-bond donors (Lipinski definition) is 2. The number of nitrogens with zero attached hydrogens (tertiary/aromatic N) is 1. The summed E-state index contributed by atoms with van der Waals surface area (Å²) >= 11 is 6.04. The second kappa shape index (κ2) is 13.3. The number of morpholine rings is 1. The van der Waals surface area contributed by atoms with E-state index in [2.05, 4.69) is 13.8 Å². The average molecular weight is 558 g/mol. The Kier molecular flexibility index (Phi) is 9.88. The molecule has 0 aromatic heterocycles. The van der Waals surface area contributed by atoms with Gasteiger partial charge in [-0.3, -0.25) is 9.59 Å². The van der Waals surface area contributed by atoms with Crippen molar-refractivity contribution in [1.29, 1.82) is 0 Å². The minimum Gasteiger partial charge on any atom is -0.507 e. The smallest absolute Gasteiger partial charge is 0.295 e. The lowest BCUT2D eigenvalue weighted by molar-refractivity contribution is -0.908. The quantitative estimate of drug-likeness (QED) is 0.250. The van der Waals surface area contributed by atoms with Crippen molar-refractivity contribution in [2.45, 2.75) is 32.7 Å². The SMILES string of the molecule is COc1cc([C@H]2C(=C(O)c3ccc(Cl)cc3)C(=O)C(=O)N2CCC[NH+]2CCOCC2)ccc1OCCC(C)C. The first kappa shape index (κ1) is 28.9. The molecule has 9 heteroatoms. The number of rotatable bonds is 11. The lowest BCUT2D eigenvalue weighted by atomic mass is 9.95. The molecule has 39 heavy (non-hydrogen) atoms. The van der Waals surface area contributed by atoms with Crippen molar-refractivity contribution >= 4 is 29.1 Å². The van der Waals surface area contributed by atoms with E-state index in [9.17, 15) is 14.7 Å². The zero-order valence-electron chi connectivity index (χ0n) is 22.9. The average Bonchev–Trinajstić information content (AvgIpc) is 3.18. The number of benzene rings is 2. The van der Waals surface area contributed by atoms with E-state index in [1.807, 2.05) is 6.07 Å². The second-order valence-corrected chi connectivity index (χ2v) is 10.8. The number of halogens is 1. The maximum Gasteiger partial charge on any atom is 0.295 e. The minimum atomic E-state index is -0.765.